The Labute approximate surface area is 184 Å². The molecule has 164 valence electrons. The third-order valence-corrected chi connectivity index (χ3v) is 7.99. The Morgan fingerprint density at radius 3 is 2.47 bits per heavy atom. The fourth-order valence-corrected chi connectivity index (χ4v) is 5.96. The van der Waals surface area contributed by atoms with Crippen molar-refractivity contribution < 1.29 is 17.9 Å². The highest BCUT2D eigenvalue weighted by Crippen LogP contribution is 2.31. The van der Waals surface area contributed by atoms with Gasteiger partial charge >= 0.3 is 0 Å². The molecule has 12 heteroatoms. The highest BCUT2D eigenvalue weighted by Gasteiger charge is 2.21. The quantitative estimate of drug-likeness (QED) is 0.563. The maximum absolute atomic E-state index is 12.5. The second kappa shape index (κ2) is 10.1. The van der Waals surface area contributed by atoms with Crippen molar-refractivity contribution in [2.45, 2.75) is 41.3 Å². The van der Waals surface area contributed by atoms with Crippen LogP contribution in [0.5, 0.6) is 0 Å². The largest absolute Gasteiger partial charge is 0.378 e. The van der Waals surface area contributed by atoms with E-state index in [2.05, 4.69) is 25.1 Å². The average molecular weight is 472 g/mol. The Morgan fingerprint density at radius 1 is 1.17 bits per heavy atom. The number of carbonyl (C=O) groups is 1. The number of anilines is 2. The summed E-state index contributed by atoms with van der Waals surface area (Å²) in [5.41, 5.74) is 0.530. The van der Waals surface area contributed by atoms with Gasteiger partial charge in [-0.25, -0.2) is 13.1 Å². The number of benzene rings is 1. The van der Waals surface area contributed by atoms with E-state index >= 15 is 0 Å². The Hall–Kier alpha value is -1.73. The number of hydrogen-bond acceptors (Lipinski definition) is 9. The molecule has 1 amide bonds. The van der Waals surface area contributed by atoms with Gasteiger partial charge in [-0.1, -0.05) is 23.1 Å². The maximum atomic E-state index is 12.5. The highest BCUT2D eigenvalue weighted by atomic mass is 32.2. The van der Waals surface area contributed by atoms with Crippen molar-refractivity contribution in [2.24, 2.45) is 0 Å². The summed E-state index contributed by atoms with van der Waals surface area (Å²) in [4.78, 5) is 14.8. The maximum Gasteiger partial charge on any atom is 0.240 e. The molecule has 2 N–H and O–H groups in total. The van der Waals surface area contributed by atoms with Gasteiger partial charge in [-0.05, 0) is 45.0 Å². The van der Waals surface area contributed by atoms with Crippen molar-refractivity contribution in [3.8, 4) is 0 Å². The lowest BCUT2D eigenvalue weighted by Gasteiger charge is -2.25. The van der Waals surface area contributed by atoms with Gasteiger partial charge in [0.1, 0.15) is 0 Å². The highest BCUT2D eigenvalue weighted by molar-refractivity contribution is 8.02. The minimum atomic E-state index is -3.56. The minimum absolute atomic E-state index is 0.154. The fraction of sp³-hybridized carbons (Fsp3) is 0.500. The molecule has 1 unspecified atom stereocenters. The molecule has 1 fully saturated rings. The number of carbonyl (C=O) groups excluding carboxylic acids is 1. The van der Waals surface area contributed by atoms with E-state index in [-0.39, 0.29) is 22.1 Å². The number of nitrogens with zero attached hydrogens (tertiary/aromatic N) is 3. The Morgan fingerprint density at radius 2 is 1.83 bits per heavy atom. The number of thioether (sulfide) groups is 1. The van der Waals surface area contributed by atoms with Crippen LogP contribution in [0.2, 0.25) is 0 Å². The smallest absolute Gasteiger partial charge is 0.240 e. The summed E-state index contributed by atoms with van der Waals surface area (Å²) in [7, 11) is -3.56. The van der Waals surface area contributed by atoms with E-state index in [0.29, 0.717) is 18.9 Å². The Balaban J connectivity index is 1.56. The van der Waals surface area contributed by atoms with Crippen LogP contribution >= 0.6 is 23.1 Å². The molecule has 30 heavy (non-hydrogen) atoms. The molecular weight excluding hydrogens is 446 g/mol. The number of aromatic nitrogens is 2. The minimum Gasteiger partial charge on any atom is -0.378 e. The summed E-state index contributed by atoms with van der Waals surface area (Å²) in [5.74, 6) is -0.195. The van der Waals surface area contributed by atoms with Gasteiger partial charge in [-0.15, -0.1) is 10.2 Å². The molecule has 1 saturated heterocycles. The topological polar surface area (TPSA) is 114 Å². The monoisotopic (exact) mass is 471 g/mol. The van der Waals surface area contributed by atoms with Gasteiger partial charge in [0.25, 0.3) is 0 Å². The van der Waals surface area contributed by atoms with Gasteiger partial charge < -0.3 is 15.0 Å². The fourth-order valence-electron chi connectivity index (χ4n) is 2.68. The third kappa shape index (κ3) is 6.14. The van der Waals surface area contributed by atoms with Gasteiger partial charge in [0, 0.05) is 24.8 Å². The molecule has 1 aliphatic heterocycles. The van der Waals surface area contributed by atoms with Gasteiger partial charge in [-0.2, -0.15) is 0 Å². The van der Waals surface area contributed by atoms with E-state index in [9.17, 15) is 13.2 Å². The van der Waals surface area contributed by atoms with Crippen molar-refractivity contribution in [3.63, 3.8) is 0 Å². The second-order valence-electron chi connectivity index (χ2n) is 7.00. The van der Waals surface area contributed by atoms with Crippen LogP contribution in [0.25, 0.3) is 0 Å². The molecule has 9 nitrogen and oxygen atoms in total. The van der Waals surface area contributed by atoms with Gasteiger partial charge in [0.05, 0.1) is 23.4 Å². The molecule has 0 aliphatic carbocycles. The lowest BCUT2D eigenvalue weighted by atomic mass is 10.3. The number of sulfonamides is 1. The van der Waals surface area contributed by atoms with Gasteiger partial charge in [0.15, 0.2) is 4.34 Å². The molecule has 2 aromatic rings. The molecule has 1 aromatic heterocycles. The summed E-state index contributed by atoms with van der Waals surface area (Å²) in [5, 5.41) is 11.6. The first-order valence-corrected chi connectivity index (χ1v) is 12.7. The molecule has 1 atom stereocenters. The van der Waals surface area contributed by atoms with Crippen LogP contribution in [0.4, 0.5) is 10.8 Å². The number of amides is 1. The molecule has 0 bridgehead atoms. The van der Waals surface area contributed by atoms with Crippen LogP contribution in [-0.2, 0) is 19.6 Å². The predicted molar refractivity (Wildman–Crippen MR) is 119 cm³/mol. The Kier molecular flexibility index (Phi) is 7.69. The van der Waals surface area contributed by atoms with Crippen molar-refractivity contribution in [2.75, 3.05) is 36.5 Å². The van der Waals surface area contributed by atoms with Crippen LogP contribution in [0.1, 0.15) is 20.8 Å². The molecule has 2 heterocycles. The normalized spacial score (nSPS) is 15.9. The second-order valence-corrected chi connectivity index (χ2v) is 11.3. The number of rotatable bonds is 8. The molecule has 1 aliphatic rings. The van der Waals surface area contributed by atoms with Crippen LogP contribution in [-0.4, -0.2) is 62.1 Å². The van der Waals surface area contributed by atoms with Crippen LogP contribution < -0.4 is 14.9 Å². The molecule has 1 aromatic carbocycles. The standard InChI is InChI=1S/C18H25N5O4S3/c1-12(2)22-30(25,26)15-6-4-14(5-7-15)19-16(24)13(3)28-18-21-20-17(29-18)23-8-10-27-11-9-23/h4-7,12-13,22H,8-11H2,1-3H3,(H,19,24). The van der Waals surface area contributed by atoms with Crippen molar-refractivity contribution in [1.29, 1.82) is 0 Å². The Bertz CT molecular complexity index is 956. The zero-order chi connectivity index (χ0) is 21.7. The van der Waals surface area contributed by atoms with E-state index < -0.39 is 10.0 Å². The lowest BCUT2D eigenvalue weighted by molar-refractivity contribution is -0.115. The number of morpholine rings is 1. The van der Waals surface area contributed by atoms with Gasteiger partial charge in [-0.3, -0.25) is 4.79 Å². The van der Waals surface area contributed by atoms with Crippen molar-refractivity contribution >= 4 is 49.8 Å². The number of nitrogens with one attached hydrogen (secondary N) is 2. The first-order chi connectivity index (χ1) is 14.2. The summed E-state index contributed by atoms with van der Waals surface area (Å²) >= 11 is 2.80. The van der Waals surface area contributed by atoms with Gasteiger partial charge in [0.2, 0.25) is 21.1 Å². The molecule has 3 rings (SSSR count). The average Bonchev–Trinajstić information content (AvgIpc) is 3.16. The SMILES string of the molecule is CC(C)NS(=O)(=O)c1ccc(NC(=O)C(C)Sc2nnc(N3CCOCC3)s2)cc1. The van der Waals surface area contributed by atoms with Crippen LogP contribution in [0.3, 0.4) is 0 Å². The van der Waals surface area contributed by atoms with Crippen molar-refractivity contribution in [1.82, 2.24) is 14.9 Å². The summed E-state index contributed by atoms with van der Waals surface area (Å²) in [6, 6.07) is 5.89. The first kappa shape index (κ1) is 22.9. The summed E-state index contributed by atoms with van der Waals surface area (Å²) in [6.45, 7) is 8.23. The molecule has 0 spiro atoms. The van der Waals surface area contributed by atoms with E-state index in [1.807, 2.05) is 0 Å². The third-order valence-electron chi connectivity index (χ3n) is 4.15. The number of hydrogen-bond donors (Lipinski definition) is 2. The summed E-state index contributed by atoms with van der Waals surface area (Å²) in [6.07, 6.45) is 0. The van der Waals surface area contributed by atoms with Crippen LogP contribution in [0, 0.1) is 0 Å². The van der Waals surface area contributed by atoms with Crippen molar-refractivity contribution in [3.05, 3.63) is 24.3 Å². The molecule has 0 radical (unpaired) electrons. The predicted octanol–water partition coefficient (Wildman–Crippen LogP) is 2.18. The van der Waals surface area contributed by atoms with E-state index in [1.165, 1.54) is 35.2 Å². The van der Waals surface area contributed by atoms with E-state index in [0.717, 1.165) is 22.6 Å². The zero-order valence-electron chi connectivity index (χ0n) is 17.0. The molecular formula is C18H25N5O4S3. The lowest BCUT2D eigenvalue weighted by Crippen LogP contribution is -2.36. The summed E-state index contributed by atoms with van der Waals surface area (Å²) < 4.78 is 33.0. The first-order valence-electron chi connectivity index (χ1n) is 9.51. The zero-order valence-corrected chi connectivity index (χ0v) is 19.4. The number of ether oxygens (including phenoxy) is 1. The van der Waals surface area contributed by atoms with E-state index in [1.54, 1.807) is 32.9 Å². The van der Waals surface area contributed by atoms with E-state index in [4.69, 9.17) is 4.74 Å². The van der Waals surface area contributed by atoms with Crippen LogP contribution in [0.15, 0.2) is 33.5 Å². The molecule has 0 saturated carbocycles.